The largest absolute Gasteiger partial charge is 0.448 e. The molecule has 3 rings (SSSR count). The summed E-state index contributed by atoms with van der Waals surface area (Å²) in [7, 11) is 0. The van der Waals surface area contributed by atoms with Crippen molar-refractivity contribution < 1.29 is 19.1 Å². The first-order valence-corrected chi connectivity index (χ1v) is 6.07. The van der Waals surface area contributed by atoms with Gasteiger partial charge in [0.1, 0.15) is 13.2 Å². The number of rotatable bonds is 3. The van der Waals surface area contributed by atoms with Crippen LogP contribution >= 0.6 is 0 Å². The third kappa shape index (κ3) is 1.97. The highest BCUT2D eigenvalue weighted by molar-refractivity contribution is 5.83. The Kier molecular flexibility index (Phi) is 2.66. The number of hydrogen-bond donors (Lipinski definition) is 1. The molecule has 0 unspecified atom stereocenters. The zero-order valence-electron chi connectivity index (χ0n) is 9.55. The summed E-state index contributed by atoms with van der Waals surface area (Å²) in [5.41, 5.74) is 0. The van der Waals surface area contributed by atoms with Gasteiger partial charge in [-0.3, -0.25) is 9.69 Å². The fraction of sp³-hybridized carbons (Fsp3) is 0.818. The van der Waals surface area contributed by atoms with Gasteiger partial charge < -0.3 is 14.8 Å². The molecule has 17 heavy (non-hydrogen) atoms. The van der Waals surface area contributed by atoms with Gasteiger partial charge in [0.15, 0.2) is 0 Å². The lowest BCUT2D eigenvalue weighted by Gasteiger charge is -2.39. The summed E-state index contributed by atoms with van der Waals surface area (Å²) in [4.78, 5) is 24.3. The van der Waals surface area contributed by atoms with E-state index >= 15 is 0 Å². The van der Waals surface area contributed by atoms with E-state index in [9.17, 15) is 9.59 Å². The molecule has 2 saturated heterocycles. The number of carbonyl (C=O) groups is 2. The van der Waals surface area contributed by atoms with Crippen molar-refractivity contribution in [3.05, 3.63) is 0 Å². The van der Waals surface area contributed by atoms with E-state index in [1.54, 1.807) is 0 Å². The van der Waals surface area contributed by atoms with E-state index in [0.29, 0.717) is 25.2 Å². The molecule has 3 aliphatic rings. The zero-order chi connectivity index (χ0) is 11.8. The molecule has 0 bridgehead atoms. The molecule has 1 saturated carbocycles. The monoisotopic (exact) mass is 240 g/mol. The Hall–Kier alpha value is -1.30. The lowest BCUT2D eigenvalue weighted by Crippen LogP contribution is -2.55. The van der Waals surface area contributed by atoms with Crippen molar-refractivity contribution in [2.45, 2.75) is 25.0 Å². The average Bonchev–Trinajstić information content (AvgIpc) is 2.83. The molecule has 0 radical (unpaired) electrons. The first-order valence-electron chi connectivity index (χ1n) is 6.07. The van der Waals surface area contributed by atoms with Crippen LogP contribution in [0.4, 0.5) is 4.79 Å². The maximum absolute atomic E-state index is 11.7. The van der Waals surface area contributed by atoms with Crippen molar-refractivity contribution in [2.75, 3.05) is 26.3 Å². The van der Waals surface area contributed by atoms with Crippen molar-refractivity contribution >= 4 is 12.0 Å². The van der Waals surface area contributed by atoms with Crippen molar-refractivity contribution in [1.82, 2.24) is 10.2 Å². The van der Waals surface area contributed by atoms with Gasteiger partial charge in [-0.2, -0.15) is 0 Å². The summed E-state index contributed by atoms with van der Waals surface area (Å²) < 4.78 is 10.2. The lowest BCUT2D eigenvalue weighted by molar-refractivity contribution is -0.124. The molecule has 0 spiro atoms. The van der Waals surface area contributed by atoms with Gasteiger partial charge in [0.05, 0.1) is 12.6 Å². The molecule has 0 aromatic rings. The summed E-state index contributed by atoms with van der Waals surface area (Å²) in [6.45, 7) is 1.80. The van der Waals surface area contributed by atoms with Crippen LogP contribution in [0.2, 0.25) is 0 Å². The van der Waals surface area contributed by atoms with E-state index in [1.165, 1.54) is 4.90 Å². The minimum absolute atomic E-state index is 0.0980. The average molecular weight is 240 g/mol. The summed E-state index contributed by atoms with van der Waals surface area (Å²) in [6.07, 6.45) is 1.88. The molecule has 2 aliphatic heterocycles. The van der Waals surface area contributed by atoms with Crippen molar-refractivity contribution in [2.24, 2.45) is 5.92 Å². The Morgan fingerprint density at radius 3 is 3.06 bits per heavy atom. The first kappa shape index (κ1) is 10.8. The normalized spacial score (nSPS) is 35.2. The Morgan fingerprint density at radius 2 is 2.35 bits per heavy atom. The van der Waals surface area contributed by atoms with Gasteiger partial charge in [0, 0.05) is 18.6 Å². The number of nitrogens with zero attached hydrogens (tertiary/aromatic N) is 1. The minimum atomic E-state index is -0.393. The third-order valence-electron chi connectivity index (χ3n) is 3.79. The number of fused-ring (bicyclic) bond motifs is 1. The minimum Gasteiger partial charge on any atom is -0.448 e. The molecule has 6 heteroatoms. The van der Waals surface area contributed by atoms with Gasteiger partial charge in [-0.25, -0.2) is 4.79 Å². The summed E-state index contributed by atoms with van der Waals surface area (Å²) >= 11 is 0. The van der Waals surface area contributed by atoms with Gasteiger partial charge in [-0.05, 0) is 12.8 Å². The topological polar surface area (TPSA) is 67.9 Å². The summed E-state index contributed by atoms with van der Waals surface area (Å²) in [6, 6.07) is 0.230. The molecule has 2 amide bonds. The fourth-order valence-electron chi connectivity index (χ4n) is 2.76. The highest BCUT2D eigenvalue weighted by Gasteiger charge is 2.45. The van der Waals surface area contributed by atoms with E-state index < -0.39 is 6.09 Å². The van der Waals surface area contributed by atoms with Crippen LogP contribution in [0, 0.1) is 5.92 Å². The maximum atomic E-state index is 11.7. The van der Waals surface area contributed by atoms with Crippen LogP contribution in [0.3, 0.4) is 0 Å². The van der Waals surface area contributed by atoms with Gasteiger partial charge in [-0.1, -0.05) is 0 Å². The molecule has 0 aromatic carbocycles. The summed E-state index contributed by atoms with van der Waals surface area (Å²) in [5.74, 6) is 0.378. The second-order valence-electron chi connectivity index (χ2n) is 4.81. The van der Waals surface area contributed by atoms with E-state index in [4.69, 9.17) is 9.47 Å². The van der Waals surface area contributed by atoms with E-state index in [1.807, 2.05) is 0 Å². The number of cyclic esters (lactones) is 1. The van der Waals surface area contributed by atoms with Gasteiger partial charge >= 0.3 is 6.09 Å². The highest BCUT2D eigenvalue weighted by Crippen LogP contribution is 2.38. The Morgan fingerprint density at radius 1 is 1.47 bits per heavy atom. The standard InChI is InChI=1S/C11H16N2O4/c14-10(6-13-2-4-17-11(13)15)12-8-5-9-7(8)1-3-16-9/h7-9H,1-6H2,(H,12,14)/t7-,8+,9+/m0/s1. The van der Waals surface area contributed by atoms with Crippen LogP contribution in [0.25, 0.3) is 0 Å². The van der Waals surface area contributed by atoms with E-state index in [-0.39, 0.29) is 18.5 Å². The second-order valence-corrected chi connectivity index (χ2v) is 4.81. The molecule has 6 nitrogen and oxygen atoms in total. The number of ether oxygens (including phenoxy) is 2. The van der Waals surface area contributed by atoms with Crippen molar-refractivity contribution in [1.29, 1.82) is 0 Å². The van der Waals surface area contributed by atoms with Gasteiger partial charge in [-0.15, -0.1) is 0 Å². The van der Waals surface area contributed by atoms with Crippen LogP contribution in [0.15, 0.2) is 0 Å². The van der Waals surface area contributed by atoms with Crippen LogP contribution in [-0.2, 0) is 14.3 Å². The van der Waals surface area contributed by atoms with Crippen LogP contribution in [0.5, 0.6) is 0 Å². The Bertz CT molecular complexity index is 346. The number of nitrogens with one attached hydrogen (secondary N) is 1. The van der Waals surface area contributed by atoms with Crippen LogP contribution < -0.4 is 5.32 Å². The number of amides is 2. The molecule has 1 aliphatic carbocycles. The van der Waals surface area contributed by atoms with E-state index in [0.717, 1.165) is 19.4 Å². The molecule has 2 heterocycles. The second kappa shape index (κ2) is 4.18. The first-order chi connectivity index (χ1) is 8.24. The molecule has 94 valence electrons. The molecular weight excluding hydrogens is 224 g/mol. The Balaban J connectivity index is 1.46. The maximum Gasteiger partial charge on any atom is 0.410 e. The SMILES string of the molecule is O=C(CN1CCOC1=O)N[C@@H]1C[C@H]2OCC[C@@H]12. The number of hydrogen-bond acceptors (Lipinski definition) is 4. The molecular formula is C11H16N2O4. The van der Waals surface area contributed by atoms with Crippen molar-refractivity contribution in [3.63, 3.8) is 0 Å². The van der Waals surface area contributed by atoms with E-state index in [2.05, 4.69) is 5.32 Å². The predicted molar refractivity (Wildman–Crippen MR) is 57.3 cm³/mol. The predicted octanol–water partition coefficient (Wildman–Crippen LogP) is -0.268. The van der Waals surface area contributed by atoms with Crippen LogP contribution in [0.1, 0.15) is 12.8 Å². The summed E-state index contributed by atoms with van der Waals surface area (Å²) in [5, 5.41) is 2.97. The molecule has 3 atom stereocenters. The quantitative estimate of drug-likeness (QED) is 0.737. The fourth-order valence-corrected chi connectivity index (χ4v) is 2.76. The lowest BCUT2D eigenvalue weighted by atomic mass is 9.76. The highest BCUT2D eigenvalue weighted by atomic mass is 16.6. The molecule has 3 fully saturated rings. The number of carbonyl (C=O) groups excluding carboxylic acids is 2. The van der Waals surface area contributed by atoms with Crippen LogP contribution in [-0.4, -0.2) is 55.3 Å². The van der Waals surface area contributed by atoms with Gasteiger partial charge in [0.25, 0.3) is 0 Å². The molecule has 0 aromatic heterocycles. The molecule has 1 N–H and O–H groups in total. The van der Waals surface area contributed by atoms with Gasteiger partial charge in [0.2, 0.25) is 5.91 Å². The third-order valence-corrected chi connectivity index (χ3v) is 3.79. The Labute approximate surface area is 99.2 Å². The van der Waals surface area contributed by atoms with Crippen molar-refractivity contribution in [3.8, 4) is 0 Å². The smallest absolute Gasteiger partial charge is 0.410 e. The zero-order valence-corrected chi connectivity index (χ0v) is 9.55.